The number of methoxy groups -OCH3 is 1. The van der Waals surface area contributed by atoms with Crippen LogP contribution in [0.4, 0.5) is 16.0 Å². The van der Waals surface area contributed by atoms with Crippen molar-refractivity contribution in [2.75, 3.05) is 17.7 Å². The second-order valence-electron chi connectivity index (χ2n) is 6.20. The molecule has 1 aliphatic rings. The van der Waals surface area contributed by atoms with Crippen LogP contribution in [0.1, 0.15) is 12.5 Å². The zero-order valence-electron chi connectivity index (χ0n) is 14.8. The zero-order valence-corrected chi connectivity index (χ0v) is 14.8. The monoisotopic (exact) mass is 381 g/mol. The highest BCUT2D eigenvalue weighted by Gasteiger charge is 2.35. The molecule has 0 fully saturated rings. The Bertz CT molecular complexity index is 1030. The van der Waals surface area contributed by atoms with Gasteiger partial charge in [0.1, 0.15) is 17.6 Å². The lowest BCUT2D eigenvalue weighted by Crippen LogP contribution is -2.23. The summed E-state index contributed by atoms with van der Waals surface area (Å²) in [6.45, 7) is 0. The van der Waals surface area contributed by atoms with Crippen molar-refractivity contribution in [2.24, 2.45) is 0 Å². The highest BCUT2D eigenvalue weighted by molar-refractivity contribution is 6.01. The van der Waals surface area contributed by atoms with Crippen LogP contribution in [0.25, 0.3) is 11.4 Å². The fourth-order valence-electron chi connectivity index (χ4n) is 2.89. The molecule has 0 saturated carbocycles. The molecule has 3 aromatic rings. The largest absolute Gasteiger partial charge is 0.497 e. The number of aromatic nitrogens is 3. The number of ether oxygens (including phenoxy) is 1. The molecule has 0 unspecified atom stereocenters. The van der Waals surface area contributed by atoms with E-state index in [9.17, 15) is 14.0 Å². The second kappa shape index (κ2) is 7.10. The third-order valence-electron chi connectivity index (χ3n) is 4.32. The molecule has 2 amide bonds. The van der Waals surface area contributed by atoms with E-state index in [4.69, 9.17) is 4.74 Å². The van der Waals surface area contributed by atoms with Gasteiger partial charge < -0.3 is 10.1 Å². The van der Waals surface area contributed by atoms with Crippen LogP contribution in [-0.2, 0) is 9.59 Å². The molecule has 4 rings (SSSR count). The van der Waals surface area contributed by atoms with Crippen molar-refractivity contribution in [3.63, 3.8) is 0 Å². The maximum atomic E-state index is 13.0. The summed E-state index contributed by atoms with van der Waals surface area (Å²) in [7, 11) is 1.58. The van der Waals surface area contributed by atoms with Gasteiger partial charge >= 0.3 is 0 Å². The van der Waals surface area contributed by atoms with Crippen LogP contribution in [0.3, 0.4) is 0 Å². The number of fused-ring (bicyclic) bond motifs is 1. The average Bonchev–Trinajstić information content (AvgIpc) is 3.22. The van der Waals surface area contributed by atoms with Crippen molar-refractivity contribution < 1.29 is 18.7 Å². The van der Waals surface area contributed by atoms with E-state index < -0.39 is 11.9 Å². The van der Waals surface area contributed by atoms with E-state index in [0.717, 1.165) is 5.56 Å². The average molecular weight is 381 g/mol. The molecule has 8 nitrogen and oxygen atoms in total. The highest BCUT2D eigenvalue weighted by Crippen LogP contribution is 2.29. The van der Waals surface area contributed by atoms with Gasteiger partial charge in [0.05, 0.1) is 13.5 Å². The summed E-state index contributed by atoms with van der Waals surface area (Å²) in [6, 6.07) is 11.8. The van der Waals surface area contributed by atoms with E-state index >= 15 is 0 Å². The normalized spacial score (nSPS) is 15.1. The van der Waals surface area contributed by atoms with Gasteiger partial charge in [-0.3, -0.25) is 14.9 Å². The Morgan fingerprint density at radius 3 is 2.61 bits per heavy atom. The van der Waals surface area contributed by atoms with Gasteiger partial charge in [-0.25, -0.2) is 9.07 Å². The first-order chi connectivity index (χ1) is 13.5. The molecule has 0 aliphatic carbocycles. The molecule has 142 valence electrons. The summed E-state index contributed by atoms with van der Waals surface area (Å²) in [4.78, 5) is 28.8. The number of anilines is 2. The number of benzene rings is 2. The van der Waals surface area contributed by atoms with Crippen LogP contribution in [-0.4, -0.2) is 33.7 Å². The highest BCUT2D eigenvalue weighted by atomic mass is 19.1. The van der Waals surface area contributed by atoms with E-state index in [0.29, 0.717) is 17.3 Å². The maximum absolute atomic E-state index is 13.0. The number of amides is 2. The first-order valence-corrected chi connectivity index (χ1v) is 8.51. The summed E-state index contributed by atoms with van der Waals surface area (Å²) >= 11 is 0. The van der Waals surface area contributed by atoms with Crippen LogP contribution >= 0.6 is 0 Å². The Morgan fingerprint density at radius 2 is 1.93 bits per heavy atom. The Morgan fingerprint density at radius 1 is 1.21 bits per heavy atom. The number of carbonyl (C=O) groups is 2. The number of nitrogens with zero attached hydrogens (tertiary/aromatic N) is 3. The lowest BCUT2D eigenvalue weighted by Gasteiger charge is -2.10. The van der Waals surface area contributed by atoms with Crippen molar-refractivity contribution >= 4 is 23.5 Å². The Labute approximate surface area is 159 Å². The standard InChI is InChI=1S/C19H16FN5O3/c1-28-14-8-2-11(3-9-14)17-22-19-23-18(27)15(25(19)24-17)10-16(26)21-13-6-4-12(20)5-7-13/h2-9,15H,10H2,1H3,(H,21,26)(H,22,23,24,27)/t15-/m1/s1. The Hall–Kier alpha value is -3.75. The fraction of sp³-hybridized carbons (Fsp3) is 0.158. The molecule has 0 spiro atoms. The number of hydrogen-bond acceptors (Lipinski definition) is 5. The molecular weight excluding hydrogens is 365 g/mol. The summed E-state index contributed by atoms with van der Waals surface area (Å²) in [5.41, 5.74) is 1.20. The predicted molar refractivity (Wildman–Crippen MR) is 99.3 cm³/mol. The molecule has 0 saturated heterocycles. The molecule has 1 aliphatic heterocycles. The molecule has 2 heterocycles. The van der Waals surface area contributed by atoms with Crippen LogP contribution in [0.15, 0.2) is 48.5 Å². The van der Waals surface area contributed by atoms with E-state index in [1.165, 1.54) is 28.9 Å². The van der Waals surface area contributed by atoms with E-state index in [1.54, 1.807) is 19.2 Å². The van der Waals surface area contributed by atoms with Crippen molar-refractivity contribution in [3.8, 4) is 17.1 Å². The molecular formula is C19H16FN5O3. The van der Waals surface area contributed by atoms with E-state index in [1.807, 2.05) is 12.1 Å². The molecule has 0 bridgehead atoms. The molecule has 0 radical (unpaired) electrons. The molecule has 9 heteroatoms. The van der Waals surface area contributed by atoms with Crippen molar-refractivity contribution in [3.05, 3.63) is 54.3 Å². The van der Waals surface area contributed by atoms with Crippen LogP contribution < -0.4 is 15.4 Å². The Balaban J connectivity index is 1.50. The topological polar surface area (TPSA) is 98.1 Å². The summed E-state index contributed by atoms with van der Waals surface area (Å²) in [5, 5.41) is 9.64. The minimum atomic E-state index is -0.810. The SMILES string of the molecule is COc1ccc(-c2nc3n(n2)[C@H](CC(=O)Nc2ccc(F)cc2)C(=O)N3)cc1. The van der Waals surface area contributed by atoms with Gasteiger partial charge in [-0.05, 0) is 48.5 Å². The second-order valence-corrected chi connectivity index (χ2v) is 6.20. The van der Waals surface area contributed by atoms with Gasteiger partial charge in [-0.2, -0.15) is 4.98 Å². The van der Waals surface area contributed by atoms with E-state index in [2.05, 4.69) is 20.7 Å². The minimum Gasteiger partial charge on any atom is -0.497 e. The maximum Gasteiger partial charge on any atom is 0.252 e. The molecule has 28 heavy (non-hydrogen) atoms. The van der Waals surface area contributed by atoms with Gasteiger partial charge in [0.25, 0.3) is 5.91 Å². The zero-order chi connectivity index (χ0) is 19.7. The lowest BCUT2D eigenvalue weighted by molar-refractivity contribution is -0.123. The Kier molecular flexibility index (Phi) is 4.48. The summed E-state index contributed by atoms with van der Waals surface area (Å²) in [6.07, 6.45) is -0.123. The summed E-state index contributed by atoms with van der Waals surface area (Å²) < 4.78 is 19.5. The van der Waals surface area contributed by atoms with Crippen molar-refractivity contribution in [1.82, 2.24) is 14.8 Å². The van der Waals surface area contributed by atoms with Crippen LogP contribution in [0, 0.1) is 5.82 Å². The quantitative estimate of drug-likeness (QED) is 0.708. The van der Waals surface area contributed by atoms with Crippen molar-refractivity contribution in [1.29, 1.82) is 0 Å². The molecule has 1 atom stereocenters. The number of carbonyl (C=O) groups excluding carboxylic acids is 2. The third-order valence-corrected chi connectivity index (χ3v) is 4.32. The molecule has 1 aromatic heterocycles. The minimum absolute atomic E-state index is 0.123. The van der Waals surface area contributed by atoms with Gasteiger partial charge in [-0.1, -0.05) is 0 Å². The van der Waals surface area contributed by atoms with Crippen LogP contribution in [0.5, 0.6) is 5.75 Å². The first-order valence-electron chi connectivity index (χ1n) is 8.51. The van der Waals surface area contributed by atoms with Crippen LogP contribution in [0.2, 0.25) is 0 Å². The number of rotatable bonds is 5. The predicted octanol–water partition coefficient (Wildman–Crippen LogP) is 2.61. The van der Waals surface area contributed by atoms with Gasteiger partial charge in [0.15, 0.2) is 5.82 Å². The first kappa shape index (κ1) is 17.7. The number of halogens is 1. The molecule has 2 N–H and O–H groups in total. The van der Waals surface area contributed by atoms with Gasteiger partial charge in [0.2, 0.25) is 11.9 Å². The van der Waals surface area contributed by atoms with E-state index in [-0.39, 0.29) is 24.2 Å². The summed E-state index contributed by atoms with van der Waals surface area (Å²) in [5.74, 6) is 0.286. The third kappa shape index (κ3) is 3.41. The van der Waals surface area contributed by atoms with Gasteiger partial charge in [0, 0.05) is 11.3 Å². The fourth-order valence-corrected chi connectivity index (χ4v) is 2.89. The molecule has 2 aromatic carbocycles. The van der Waals surface area contributed by atoms with Crippen molar-refractivity contribution in [2.45, 2.75) is 12.5 Å². The van der Waals surface area contributed by atoms with Gasteiger partial charge in [-0.15, -0.1) is 5.10 Å². The number of hydrogen-bond donors (Lipinski definition) is 2. The smallest absolute Gasteiger partial charge is 0.252 e. The lowest BCUT2D eigenvalue weighted by atomic mass is 10.2. The number of nitrogens with one attached hydrogen (secondary N) is 2.